The summed E-state index contributed by atoms with van der Waals surface area (Å²) >= 11 is 0. The number of hydrogen-bond donors (Lipinski definition) is 1. The summed E-state index contributed by atoms with van der Waals surface area (Å²) in [6, 6.07) is 0. The molecule has 0 amide bonds. The minimum absolute atomic E-state index is 0.654. The minimum atomic E-state index is 0.654. The number of rotatable bonds is 1. The van der Waals surface area contributed by atoms with Gasteiger partial charge in [-0.15, -0.1) is 0 Å². The first kappa shape index (κ1) is 9.78. The molecule has 0 spiro atoms. The molecule has 1 saturated heterocycles. The first-order valence-corrected chi connectivity index (χ1v) is 5.85. The molecule has 0 bridgehead atoms. The Morgan fingerprint density at radius 1 is 1.31 bits per heavy atom. The molecule has 2 aromatic heterocycles. The highest BCUT2D eigenvalue weighted by molar-refractivity contribution is 5.32. The molecule has 3 heterocycles. The molecule has 0 aromatic carbocycles. The Morgan fingerprint density at radius 3 is 2.94 bits per heavy atom. The van der Waals surface area contributed by atoms with E-state index in [1.807, 2.05) is 23.7 Å². The zero-order valence-electron chi connectivity index (χ0n) is 9.48. The summed E-state index contributed by atoms with van der Waals surface area (Å²) in [6.07, 6.45) is 8.62. The molecule has 0 saturated carbocycles. The van der Waals surface area contributed by atoms with Gasteiger partial charge in [0.2, 0.25) is 5.78 Å². The second-order valence-corrected chi connectivity index (χ2v) is 4.50. The fourth-order valence-corrected chi connectivity index (χ4v) is 2.39. The van der Waals surface area contributed by atoms with Gasteiger partial charge in [-0.2, -0.15) is 0 Å². The summed E-state index contributed by atoms with van der Waals surface area (Å²) in [4.78, 5) is 8.75. The standard InChI is InChI=1S/C12H16N4/c1-9-7-16-8-11(6-14-12(16)15-9)10-2-4-13-5-3-10/h6-8,10,13H,2-5H2,1H3. The predicted molar refractivity (Wildman–Crippen MR) is 62.6 cm³/mol. The molecular formula is C12H16N4. The van der Waals surface area contributed by atoms with Crippen LogP contribution < -0.4 is 5.32 Å². The van der Waals surface area contributed by atoms with E-state index in [0.29, 0.717) is 5.92 Å². The normalized spacial score (nSPS) is 18.1. The molecule has 1 aliphatic rings. The van der Waals surface area contributed by atoms with Gasteiger partial charge in [0, 0.05) is 18.6 Å². The highest BCUT2D eigenvalue weighted by Crippen LogP contribution is 2.24. The largest absolute Gasteiger partial charge is 0.317 e. The molecule has 0 atom stereocenters. The number of nitrogens with one attached hydrogen (secondary N) is 1. The van der Waals surface area contributed by atoms with Crippen molar-refractivity contribution in [1.29, 1.82) is 0 Å². The quantitative estimate of drug-likeness (QED) is 0.785. The minimum Gasteiger partial charge on any atom is -0.317 e. The summed E-state index contributed by atoms with van der Waals surface area (Å²) in [5, 5.41) is 3.39. The first-order valence-electron chi connectivity index (χ1n) is 5.85. The maximum Gasteiger partial charge on any atom is 0.233 e. The maximum atomic E-state index is 4.41. The Bertz CT molecular complexity index is 497. The van der Waals surface area contributed by atoms with Crippen molar-refractivity contribution in [3.05, 3.63) is 29.8 Å². The summed E-state index contributed by atoms with van der Waals surface area (Å²) in [6.45, 7) is 4.23. The maximum absolute atomic E-state index is 4.41. The molecule has 2 aromatic rings. The number of imidazole rings is 1. The molecule has 3 rings (SSSR count). The smallest absolute Gasteiger partial charge is 0.233 e. The predicted octanol–water partition coefficient (Wildman–Crippen LogP) is 1.50. The van der Waals surface area contributed by atoms with E-state index < -0.39 is 0 Å². The van der Waals surface area contributed by atoms with Crippen LogP contribution in [0.25, 0.3) is 5.78 Å². The lowest BCUT2D eigenvalue weighted by atomic mass is 9.92. The van der Waals surface area contributed by atoms with E-state index in [0.717, 1.165) is 24.6 Å². The lowest BCUT2D eigenvalue weighted by Gasteiger charge is -2.22. The van der Waals surface area contributed by atoms with Gasteiger partial charge in [0.1, 0.15) is 0 Å². The van der Waals surface area contributed by atoms with Crippen molar-refractivity contribution < 1.29 is 0 Å². The average Bonchev–Trinajstić information content (AvgIpc) is 2.69. The second-order valence-electron chi connectivity index (χ2n) is 4.50. The van der Waals surface area contributed by atoms with Crippen LogP contribution >= 0.6 is 0 Å². The third-order valence-corrected chi connectivity index (χ3v) is 3.26. The van der Waals surface area contributed by atoms with Crippen LogP contribution in [0.5, 0.6) is 0 Å². The highest BCUT2D eigenvalue weighted by atomic mass is 15.1. The van der Waals surface area contributed by atoms with Gasteiger partial charge in [0.05, 0.1) is 5.69 Å². The molecule has 84 valence electrons. The van der Waals surface area contributed by atoms with Gasteiger partial charge in [-0.25, -0.2) is 9.97 Å². The molecule has 1 N–H and O–H groups in total. The van der Waals surface area contributed by atoms with Crippen LogP contribution in [0.3, 0.4) is 0 Å². The number of aryl methyl sites for hydroxylation is 1. The molecular weight excluding hydrogens is 200 g/mol. The van der Waals surface area contributed by atoms with E-state index in [4.69, 9.17) is 0 Å². The van der Waals surface area contributed by atoms with Crippen LogP contribution in [-0.2, 0) is 0 Å². The van der Waals surface area contributed by atoms with Crippen molar-refractivity contribution in [2.45, 2.75) is 25.7 Å². The van der Waals surface area contributed by atoms with E-state index in [1.165, 1.54) is 18.4 Å². The number of nitrogens with zero attached hydrogens (tertiary/aromatic N) is 3. The molecule has 4 heteroatoms. The number of piperidine rings is 1. The molecule has 0 radical (unpaired) electrons. The van der Waals surface area contributed by atoms with Crippen molar-refractivity contribution in [2.24, 2.45) is 0 Å². The Labute approximate surface area is 94.7 Å². The molecule has 4 nitrogen and oxygen atoms in total. The van der Waals surface area contributed by atoms with Crippen molar-refractivity contribution in [1.82, 2.24) is 19.7 Å². The zero-order valence-corrected chi connectivity index (χ0v) is 9.48. The van der Waals surface area contributed by atoms with Crippen molar-refractivity contribution in [3.63, 3.8) is 0 Å². The molecule has 0 aliphatic carbocycles. The topological polar surface area (TPSA) is 42.2 Å². The number of fused-ring (bicyclic) bond motifs is 1. The van der Waals surface area contributed by atoms with E-state index in [1.54, 1.807) is 0 Å². The van der Waals surface area contributed by atoms with Gasteiger partial charge < -0.3 is 5.32 Å². The number of aromatic nitrogens is 3. The summed E-state index contributed by atoms with van der Waals surface area (Å²) in [5.41, 5.74) is 2.36. The van der Waals surface area contributed by atoms with Crippen LogP contribution in [0.1, 0.15) is 30.0 Å². The van der Waals surface area contributed by atoms with Gasteiger partial charge in [-0.1, -0.05) is 0 Å². The lowest BCUT2D eigenvalue weighted by molar-refractivity contribution is 0.458. The Kier molecular flexibility index (Phi) is 2.36. The van der Waals surface area contributed by atoms with Crippen LogP contribution in [-0.4, -0.2) is 27.5 Å². The molecule has 1 fully saturated rings. The highest BCUT2D eigenvalue weighted by Gasteiger charge is 2.16. The fourth-order valence-electron chi connectivity index (χ4n) is 2.39. The zero-order chi connectivity index (χ0) is 11.0. The van der Waals surface area contributed by atoms with Crippen molar-refractivity contribution >= 4 is 5.78 Å². The summed E-state index contributed by atoms with van der Waals surface area (Å²) < 4.78 is 2.03. The van der Waals surface area contributed by atoms with E-state index in [2.05, 4.69) is 21.5 Å². The third-order valence-electron chi connectivity index (χ3n) is 3.26. The SMILES string of the molecule is Cc1cn2cc(C3CCNCC3)cnc2n1. The van der Waals surface area contributed by atoms with Crippen molar-refractivity contribution in [3.8, 4) is 0 Å². The van der Waals surface area contributed by atoms with Gasteiger partial charge >= 0.3 is 0 Å². The van der Waals surface area contributed by atoms with Crippen molar-refractivity contribution in [2.75, 3.05) is 13.1 Å². The van der Waals surface area contributed by atoms with Crippen LogP contribution in [0.2, 0.25) is 0 Å². The van der Waals surface area contributed by atoms with Gasteiger partial charge in [-0.3, -0.25) is 4.40 Å². The van der Waals surface area contributed by atoms with E-state index >= 15 is 0 Å². The second kappa shape index (κ2) is 3.87. The summed E-state index contributed by atoms with van der Waals surface area (Å²) in [7, 11) is 0. The fraction of sp³-hybridized carbons (Fsp3) is 0.500. The van der Waals surface area contributed by atoms with Crippen LogP contribution in [0.15, 0.2) is 18.6 Å². The summed E-state index contributed by atoms with van der Waals surface area (Å²) in [5.74, 6) is 1.45. The molecule has 0 unspecified atom stereocenters. The molecule has 16 heavy (non-hydrogen) atoms. The molecule has 1 aliphatic heterocycles. The monoisotopic (exact) mass is 216 g/mol. The Morgan fingerprint density at radius 2 is 2.12 bits per heavy atom. The number of hydrogen-bond acceptors (Lipinski definition) is 3. The van der Waals surface area contributed by atoms with Crippen LogP contribution in [0, 0.1) is 6.92 Å². The van der Waals surface area contributed by atoms with Crippen LogP contribution in [0.4, 0.5) is 0 Å². The Hall–Kier alpha value is -1.42. The van der Waals surface area contributed by atoms with Gasteiger partial charge in [-0.05, 0) is 44.3 Å². The van der Waals surface area contributed by atoms with E-state index in [9.17, 15) is 0 Å². The van der Waals surface area contributed by atoms with E-state index in [-0.39, 0.29) is 0 Å². The average molecular weight is 216 g/mol. The first-order chi connectivity index (χ1) is 7.83. The Balaban J connectivity index is 1.97. The lowest BCUT2D eigenvalue weighted by Crippen LogP contribution is -2.26. The van der Waals surface area contributed by atoms with Gasteiger partial charge in [0.25, 0.3) is 0 Å². The third kappa shape index (κ3) is 1.69. The van der Waals surface area contributed by atoms with Gasteiger partial charge in [0.15, 0.2) is 0 Å².